The number of carbonyl (C=O) groups is 2. The molecular formula is C17H28NO8P. The Morgan fingerprint density at radius 1 is 1.15 bits per heavy atom. The molecule has 0 fully saturated rings. The minimum absolute atomic E-state index is 0.215. The van der Waals surface area contributed by atoms with Crippen LogP contribution >= 0.6 is 8.15 Å². The molecule has 0 spiro atoms. The lowest BCUT2D eigenvalue weighted by Gasteiger charge is -2.24. The van der Waals surface area contributed by atoms with Gasteiger partial charge in [-0.3, -0.25) is 9.63 Å². The smallest absolute Gasteiger partial charge is 0.492 e. The van der Waals surface area contributed by atoms with E-state index in [1.165, 1.54) is 0 Å². The zero-order valence-corrected chi connectivity index (χ0v) is 16.8. The van der Waals surface area contributed by atoms with E-state index in [2.05, 4.69) is 23.4 Å². The van der Waals surface area contributed by atoms with Gasteiger partial charge in [-0.05, 0) is 32.3 Å². The Labute approximate surface area is 160 Å². The van der Waals surface area contributed by atoms with Crippen LogP contribution in [0, 0.1) is 0 Å². The molecule has 0 amide bonds. The Balaban J connectivity index is 2.24. The van der Waals surface area contributed by atoms with E-state index in [-0.39, 0.29) is 6.42 Å². The summed E-state index contributed by atoms with van der Waals surface area (Å²) < 4.78 is 15.7. The predicted molar refractivity (Wildman–Crippen MR) is 98.8 cm³/mol. The molecule has 0 aliphatic rings. The number of aromatic hydroxyl groups is 2. The highest BCUT2D eigenvalue weighted by Crippen LogP contribution is 2.45. The maximum atomic E-state index is 11.7. The van der Waals surface area contributed by atoms with Gasteiger partial charge in [0, 0.05) is 39.0 Å². The molecule has 0 saturated heterocycles. The Kier molecular flexibility index (Phi) is 10.6. The molecule has 0 aromatic carbocycles. The zero-order valence-electron chi connectivity index (χ0n) is 15.9. The van der Waals surface area contributed by atoms with Crippen LogP contribution in [-0.4, -0.2) is 52.3 Å². The minimum Gasteiger partial charge on any atom is -0.492 e. The fourth-order valence-electron chi connectivity index (χ4n) is 2.47. The molecule has 10 heteroatoms. The van der Waals surface area contributed by atoms with E-state index in [0.717, 1.165) is 31.1 Å². The second kappa shape index (κ2) is 12.4. The van der Waals surface area contributed by atoms with Crippen LogP contribution in [0.4, 0.5) is 4.79 Å². The van der Waals surface area contributed by atoms with Crippen molar-refractivity contribution >= 4 is 20.3 Å². The summed E-state index contributed by atoms with van der Waals surface area (Å²) in [4.78, 5) is 27.7. The summed E-state index contributed by atoms with van der Waals surface area (Å²) in [6, 6.07) is 2.25. The number of rotatable bonds is 12. The van der Waals surface area contributed by atoms with E-state index in [4.69, 9.17) is 9.26 Å². The zero-order chi connectivity index (χ0) is 20.2. The van der Waals surface area contributed by atoms with E-state index in [0.29, 0.717) is 23.4 Å². The van der Waals surface area contributed by atoms with Crippen molar-refractivity contribution in [2.45, 2.75) is 52.1 Å². The van der Waals surface area contributed by atoms with E-state index < -0.39 is 38.8 Å². The molecule has 0 aliphatic heterocycles. The summed E-state index contributed by atoms with van der Waals surface area (Å²) in [5, 5.41) is 18.6. The third kappa shape index (κ3) is 8.05. The fraction of sp³-hybridized carbons (Fsp3) is 0.647. The predicted octanol–water partition coefficient (Wildman–Crippen LogP) is 3.37. The fourth-order valence-corrected chi connectivity index (χ4v) is 4.59. The number of ether oxygens (including phenoxy) is 2. The molecular weight excluding hydrogens is 377 g/mol. The van der Waals surface area contributed by atoms with Crippen molar-refractivity contribution in [3.8, 4) is 11.8 Å². The Hall–Kier alpha value is -1.99. The topological polar surface area (TPSA) is 116 Å². The molecule has 1 aromatic rings. The SMILES string of the molecule is CCOP(CC)C(CC)CCCC(=O)OCOC(=O)On1c(O)ccc1O. The van der Waals surface area contributed by atoms with Gasteiger partial charge in [-0.2, -0.15) is 0 Å². The molecule has 2 N–H and O–H groups in total. The van der Waals surface area contributed by atoms with E-state index in [1.54, 1.807) is 0 Å². The number of esters is 1. The highest BCUT2D eigenvalue weighted by atomic mass is 31.1. The van der Waals surface area contributed by atoms with Crippen LogP contribution in [-0.2, 0) is 18.8 Å². The summed E-state index contributed by atoms with van der Waals surface area (Å²) in [6.07, 6.45) is 2.52. The average Bonchev–Trinajstić information content (AvgIpc) is 2.95. The van der Waals surface area contributed by atoms with Crippen LogP contribution < -0.4 is 4.84 Å². The highest BCUT2D eigenvalue weighted by molar-refractivity contribution is 7.53. The molecule has 27 heavy (non-hydrogen) atoms. The Morgan fingerprint density at radius 2 is 1.81 bits per heavy atom. The Bertz CT molecular complexity index is 572. The van der Waals surface area contributed by atoms with Gasteiger partial charge in [-0.15, -0.1) is 4.73 Å². The number of hydrogen-bond donors (Lipinski definition) is 2. The molecule has 0 saturated carbocycles. The lowest BCUT2D eigenvalue weighted by atomic mass is 10.1. The van der Waals surface area contributed by atoms with E-state index in [1.807, 2.05) is 6.92 Å². The van der Waals surface area contributed by atoms with E-state index >= 15 is 0 Å². The molecule has 9 nitrogen and oxygen atoms in total. The molecule has 1 heterocycles. The molecule has 1 rings (SSSR count). The quantitative estimate of drug-likeness (QED) is 0.309. The molecule has 1 aromatic heterocycles. The maximum Gasteiger partial charge on any atom is 0.536 e. The second-order valence-electron chi connectivity index (χ2n) is 5.57. The molecule has 2 atom stereocenters. The molecule has 0 radical (unpaired) electrons. The molecule has 0 bridgehead atoms. The van der Waals surface area contributed by atoms with Gasteiger partial charge in [0.05, 0.1) is 0 Å². The van der Waals surface area contributed by atoms with Gasteiger partial charge in [-0.25, -0.2) is 4.79 Å². The van der Waals surface area contributed by atoms with Crippen LogP contribution in [0.15, 0.2) is 12.1 Å². The first-order chi connectivity index (χ1) is 12.9. The highest BCUT2D eigenvalue weighted by Gasteiger charge is 2.19. The monoisotopic (exact) mass is 405 g/mol. The first-order valence-corrected chi connectivity index (χ1v) is 10.4. The van der Waals surface area contributed by atoms with Crippen LogP contribution in [0.3, 0.4) is 0 Å². The van der Waals surface area contributed by atoms with Crippen LogP contribution in [0.5, 0.6) is 11.8 Å². The number of hydrogen-bond acceptors (Lipinski definition) is 8. The van der Waals surface area contributed by atoms with Gasteiger partial charge >= 0.3 is 12.1 Å². The third-order valence-corrected chi connectivity index (χ3v) is 6.41. The van der Waals surface area contributed by atoms with Gasteiger partial charge in [0.25, 0.3) is 0 Å². The van der Waals surface area contributed by atoms with Crippen molar-refractivity contribution < 1.29 is 38.6 Å². The van der Waals surface area contributed by atoms with Crippen LogP contribution in [0.2, 0.25) is 0 Å². The number of carbonyl (C=O) groups excluding carboxylic acids is 2. The lowest BCUT2D eigenvalue weighted by Crippen LogP contribution is -2.22. The van der Waals surface area contributed by atoms with Crippen molar-refractivity contribution in [2.24, 2.45) is 0 Å². The van der Waals surface area contributed by atoms with Crippen LogP contribution in [0.1, 0.15) is 46.5 Å². The Morgan fingerprint density at radius 3 is 2.37 bits per heavy atom. The normalized spacial score (nSPS) is 13.0. The standard InChI is InChI=1S/C17H28NO8P/c1-4-13(27(6-3)25-5-2)8-7-9-16(21)23-12-24-17(22)26-18-14(19)10-11-15(18)20/h10-11,13,19-20H,4-9,12H2,1-3H3. The van der Waals surface area contributed by atoms with Gasteiger partial charge in [0.1, 0.15) is 0 Å². The summed E-state index contributed by atoms with van der Waals surface area (Å²) in [5.41, 5.74) is 0.450. The molecule has 2 unspecified atom stereocenters. The summed E-state index contributed by atoms with van der Waals surface area (Å²) in [6.45, 7) is 6.30. The van der Waals surface area contributed by atoms with Crippen molar-refractivity contribution in [3.63, 3.8) is 0 Å². The largest absolute Gasteiger partial charge is 0.536 e. The first-order valence-electron chi connectivity index (χ1n) is 8.92. The maximum absolute atomic E-state index is 11.7. The van der Waals surface area contributed by atoms with E-state index in [9.17, 15) is 19.8 Å². The summed E-state index contributed by atoms with van der Waals surface area (Å²) >= 11 is 0. The van der Waals surface area contributed by atoms with Crippen molar-refractivity contribution in [3.05, 3.63) is 12.1 Å². The second-order valence-corrected chi connectivity index (χ2v) is 8.02. The van der Waals surface area contributed by atoms with Gasteiger partial charge in [0.2, 0.25) is 18.6 Å². The minimum atomic E-state index is -1.24. The number of nitrogens with zero attached hydrogens (tertiary/aromatic N) is 1. The molecule has 0 aliphatic carbocycles. The van der Waals surface area contributed by atoms with Crippen molar-refractivity contribution in [1.82, 2.24) is 4.73 Å². The first kappa shape index (κ1) is 23.0. The van der Waals surface area contributed by atoms with Gasteiger partial charge in [0.15, 0.2) is 0 Å². The van der Waals surface area contributed by atoms with Gasteiger partial charge < -0.3 is 24.2 Å². The van der Waals surface area contributed by atoms with Gasteiger partial charge in [-0.1, -0.05) is 13.8 Å². The summed E-state index contributed by atoms with van der Waals surface area (Å²) in [5.74, 6) is -1.45. The molecule has 154 valence electrons. The van der Waals surface area contributed by atoms with Crippen LogP contribution in [0.25, 0.3) is 0 Å². The lowest BCUT2D eigenvalue weighted by molar-refractivity contribution is -0.153. The third-order valence-electron chi connectivity index (χ3n) is 3.76. The van der Waals surface area contributed by atoms with Crippen molar-refractivity contribution in [1.29, 1.82) is 0 Å². The number of aromatic nitrogens is 1. The van der Waals surface area contributed by atoms with Crippen molar-refractivity contribution in [2.75, 3.05) is 19.6 Å². The average molecular weight is 405 g/mol. The summed E-state index contributed by atoms with van der Waals surface area (Å²) in [7, 11) is -0.480.